The van der Waals surface area contributed by atoms with Gasteiger partial charge in [-0.25, -0.2) is 4.57 Å². The molecule has 0 bridgehead atoms. The van der Waals surface area contributed by atoms with Crippen molar-refractivity contribution in [2.45, 2.75) is 148 Å². The van der Waals surface area contributed by atoms with Crippen molar-refractivity contribution in [1.82, 2.24) is 0 Å². The van der Waals surface area contributed by atoms with Crippen molar-refractivity contribution >= 4 is 19.8 Å². The molecule has 0 heterocycles. The maximum Gasteiger partial charge on any atom is 0.469 e. The molecule has 3 atom stereocenters. The van der Waals surface area contributed by atoms with Gasteiger partial charge in [-0.15, -0.1) is 0 Å². The van der Waals surface area contributed by atoms with Gasteiger partial charge >= 0.3 is 19.8 Å². The lowest BCUT2D eigenvalue weighted by atomic mass is 10.0. The van der Waals surface area contributed by atoms with Gasteiger partial charge in [-0.3, -0.25) is 14.1 Å². The fourth-order valence-corrected chi connectivity index (χ4v) is 5.13. The number of carbonyl (C=O) groups excluding carboxylic acids is 2. The Labute approximate surface area is 307 Å². The topological polar surface area (TPSA) is 160 Å². The van der Waals surface area contributed by atoms with E-state index < -0.39 is 44.7 Å². The molecule has 11 heteroatoms. The quantitative estimate of drug-likeness (QED) is 0.0173. The molecule has 0 spiro atoms. The SMILES string of the molecule is CC/C=C\C[C@H](O)/C=C/C=C\C/C=C\C=C\[C@H](O)/C=C\CCCC(=O)O[C@H](COC(=O)CCCCCCCCCCCC(C)C)COP(=O)(O)O. The highest BCUT2D eigenvalue weighted by molar-refractivity contribution is 7.46. The first-order valence-electron chi connectivity index (χ1n) is 18.8. The summed E-state index contributed by atoms with van der Waals surface area (Å²) in [6.07, 6.45) is 34.3. The van der Waals surface area contributed by atoms with E-state index in [0.717, 1.165) is 31.6 Å². The molecule has 51 heavy (non-hydrogen) atoms. The van der Waals surface area contributed by atoms with Gasteiger partial charge in [0.1, 0.15) is 6.61 Å². The Morgan fingerprint density at radius 1 is 0.686 bits per heavy atom. The molecule has 0 aliphatic heterocycles. The second-order valence-electron chi connectivity index (χ2n) is 13.1. The van der Waals surface area contributed by atoms with Crippen LogP contribution in [0.2, 0.25) is 0 Å². The van der Waals surface area contributed by atoms with Crippen LogP contribution in [0.15, 0.2) is 72.9 Å². The van der Waals surface area contributed by atoms with Crippen LogP contribution in [0.3, 0.4) is 0 Å². The molecule has 0 aliphatic carbocycles. The van der Waals surface area contributed by atoms with Crippen molar-refractivity contribution in [3.63, 3.8) is 0 Å². The molecule has 0 aromatic carbocycles. The van der Waals surface area contributed by atoms with E-state index in [1.807, 2.05) is 42.5 Å². The van der Waals surface area contributed by atoms with Crippen LogP contribution in [0.4, 0.5) is 0 Å². The van der Waals surface area contributed by atoms with Gasteiger partial charge in [-0.2, -0.15) is 0 Å². The van der Waals surface area contributed by atoms with Gasteiger partial charge in [0.25, 0.3) is 0 Å². The van der Waals surface area contributed by atoms with Crippen molar-refractivity contribution in [2.24, 2.45) is 5.92 Å². The van der Waals surface area contributed by atoms with Gasteiger partial charge in [0.05, 0.1) is 18.8 Å². The Bertz CT molecular complexity index is 1100. The number of carbonyl (C=O) groups is 2. The summed E-state index contributed by atoms with van der Waals surface area (Å²) in [7, 11) is -4.81. The molecule has 0 saturated carbocycles. The monoisotopic (exact) mass is 738 g/mol. The van der Waals surface area contributed by atoms with E-state index in [0.29, 0.717) is 32.1 Å². The lowest BCUT2D eigenvalue weighted by molar-refractivity contribution is -0.161. The van der Waals surface area contributed by atoms with Crippen molar-refractivity contribution in [3.05, 3.63) is 72.9 Å². The molecule has 0 aromatic rings. The maximum atomic E-state index is 12.4. The normalized spacial score (nSPS) is 14.7. The van der Waals surface area contributed by atoms with Gasteiger partial charge in [0.2, 0.25) is 0 Å². The smallest absolute Gasteiger partial charge is 0.462 e. The number of ether oxygens (including phenoxy) is 2. The minimum absolute atomic E-state index is 0.0227. The van der Waals surface area contributed by atoms with Gasteiger partial charge in [0, 0.05) is 12.8 Å². The van der Waals surface area contributed by atoms with Crippen LogP contribution in [-0.2, 0) is 28.2 Å². The van der Waals surface area contributed by atoms with Crippen molar-refractivity contribution in [3.8, 4) is 0 Å². The summed E-state index contributed by atoms with van der Waals surface area (Å²) < 4.78 is 26.2. The molecular weight excluding hydrogens is 671 g/mol. The fraction of sp³-hybridized carbons (Fsp3) is 0.650. The Morgan fingerprint density at radius 3 is 1.92 bits per heavy atom. The number of esters is 2. The molecule has 10 nitrogen and oxygen atoms in total. The maximum absolute atomic E-state index is 12.4. The fourth-order valence-electron chi connectivity index (χ4n) is 4.77. The van der Waals surface area contributed by atoms with Crippen molar-refractivity contribution < 1.29 is 48.2 Å². The molecule has 0 radical (unpaired) electrons. The summed E-state index contributed by atoms with van der Waals surface area (Å²) in [5.74, 6) is -0.304. The van der Waals surface area contributed by atoms with Crippen LogP contribution >= 0.6 is 7.82 Å². The minimum atomic E-state index is -4.81. The predicted octanol–water partition coefficient (Wildman–Crippen LogP) is 8.92. The Balaban J connectivity index is 4.28. The van der Waals surface area contributed by atoms with E-state index in [9.17, 15) is 24.4 Å². The highest BCUT2D eigenvalue weighted by atomic mass is 31.2. The van der Waals surface area contributed by atoms with Crippen LogP contribution in [0.5, 0.6) is 0 Å². The summed E-state index contributed by atoms with van der Waals surface area (Å²) in [6.45, 7) is 5.60. The number of unbranched alkanes of at least 4 members (excludes halogenated alkanes) is 9. The number of aliphatic hydroxyl groups excluding tert-OH is 2. The number of hydrogen-bond donors (Lipinski definition) is 4. The predicted molar refractivity (Wildman–Crippen MR) is 205 cm³/mol. The van der Waals surface area contributed by atoms with Crippen LogP contribution in [0, 0.1) is 5.92 Å². The zero-order chi connectivity index (χ0) is 38.0. The summed E-state index contributed by atoms with van der Waals surface area (Å²) in [6, 6.07) is 0. The van der Waals surface area contributed by atoms with Gasteiger partial charge in [-0.1, -0.05) is 151 Å². The van der Waals surface area contributed by atoms with E-state index in [2.05, 4.69) is 25.3 Å². The second kappa shape index (κ2) is 33.3. The molecule has 0 saturated heterocycles. The number of aliphatic hydroxyl groups is 2. The molecule has 0 rings (SSSR count). The number of phosphoric acid groups is 1. The van der Waals surface area contributed by atoms with Gasteiger partial charge in [-0.05, 0) is 44.4 Å². The van der Waals surface area contributed by atoms with Crippen molar-refractivity contribution in [1.29, 1.82) is 0 Å². The first kappa shape index (κ1) is 48.4. The zero-order valence-electron chi connectivity index (χ0n) is 31.4. The average molecular weight is 739 g/mol. The molecule has 0 unspecified atom stereocenters. The zero-order valence-corrected chi connectivity index (χ0v) is 32.3. The third kappa shape index (κ3) is 37.0. The molecule has 4 N–H and O–H groups in total. The Morgan fingerprint density at radius 2 is 1.29 bits per heavy atom. The van der Waals surface area contributed by atoms with E-state index >= 15 is 0 Å². The van der Waals surface area contributed by atoms with Crippen molar-refractivity contribution in [2.75, 3.05) is 13.2 Å². The summed E-state index contributed by atoms with van der Waals surface area (Å²) in [5.41, 5.74) is 0. The molecule has 0 aromatic heterocycles. The summed E-state index contributed by atoms with van der Waals surface area (Å²) in [5, 5.41) is 19.9. The minimum Gasteiger partial charge on any atom is -0.462 e. The standard InChI is InChI=1S/C40H67O10P/c1-4-5-19-27-36(41)28-21-15-11-9-12-16-22-29-37(42)30-23-18-25-32-40(44)50-38(34-49-51(45,46)47)33-48-39(43)31-24-17-13-8-6-7-10-14-20-26-35(2)3/h5,11-12,15-16,19,21-23,28-30,35-38,41-42H,4,6-10,13-14,17-18,20,24-27,31-34H2,1-3H3,(H2,45,46,47)/b15-11-,16-12-,19-5-,28-21+,29-22+,30-23-/t36-,37-,38+/m0/s1. The van der Waals surface area contributed by atoms with Gasteiger partial charge < -0.3 is 29.5 Å². The van der Waals surface area contributed by atoms with E-state index in [1.165, 1.54) is 38.5 Å². The van der Waals surface area contributed by atoms with Crippen LogP contribution < -0.4 is 0 Å². The van der Waals surface area contributed by atoms with E-state index in [4.69, 9.17) is 19.3 Å². The molecular formula is C40H67O10P. The second-order valence-corrected chi connectivity index (χ2v) is 14.3. The van der Waals surface area contributed by atoms with Crippen LogP contribution in [-0.4, -0.2) is 63.5 Å². The Hall–Kier alpha value is -2.59. The summed E-state index contributed by atoms with van der Waals surface area (Å²) >= 11 is 0. The highest BCUT2D eigenvalue weighted by Gasteiger charge is 2.22. The molecule has 292 valence electrons. The Kier molecular flexibility index (Phi) is 31.6. The van der Waals surface area contributed by atoms with Gasteiger partial charge in [0.15, 0.2) is 6.10 Å². The number of hydrogen-bond acceptors (Lipinski definition) is 8. The first-order chi connectivity index (χ1) is 24.4. The molecule has 0 fully saturated rings. The lowest BCUT2D eigenvalue weighted by Crippen LogP contribution is -2.29. The number of phosphoric ester groups is 1. The molecule has 0 amide bonds. The molecule has 0 aliphatic rings. The highest BCUT2D eigenvalue weighted by Crippen LogP contribution is 2.36. The third-order valence-electron chi connectivity index (χ3n) is 7.59. The largest absolute Gasteiger partial charge is 0.469 e. The van der Waals surface area contributed by atoms with E-state index in [1.54, 1.807) is 30.4 Å². The van der Waals surface area contributed by atoms with E-state index in [-0.39, 0.29) is 19.4 Å². The lowest BCUT2D eigenvalue weighted by Gasteiger charge is -2.18. The third-order valence-corrected chi connectivity index (χ3v) is 8.08. The summed E-state index contributed by atoms with van der Waals surface area (Å²) in [4.78, 5) is 42.7. The first-order valence-corrected chi connectivity index (χ1v) is 20.4. The van der Waals surface area contributed by atoms with Crippen LogP contribution in [0.1, 0.15) is 130 Å². The number of rotatable bonds is 32. The number of allylic oxidation sites excluding steroid dienone is 8. The van der Waals surface area contributed by atoms with Crippen LogP contribution in [0.25, 0.3) is 0 Å². The average Bonchev–Trinajstić information content (AvgIpc) is 3.07.